The molecule has 4 N–H and O–H groups in total. The third kappa shape index (κ3) is 3.15. The van der Waals surface area contributed by atoms with Crippen LogP contribution in [0.4, 0.5) is 0 Å². The van der Waals surface area contributed by atoms with Crippen LogP contribution in [0.5, 0.6) is 0 Å². The molecule has 0 fully saturated rings. The Morgan fingerprint density at radius 2 is 2.21 bits per heavy atom. The van der Waals surface area contributed by atoms with E-state index in [4.69, 9.17) is 5.73 Å². The Balaban J connectivity index is 2.03. The first kappa shape index (κ1) is 13.6. The summed E-state index contributed by atoms with van der Waals surface area (Å²) in [6, 6.07) is 6.36. The van der Waals surface area contributed by atoms with E-state index in [1.807, 2.05) is 6.20 Å². The van der Waals surface area contributed by atoms with Crippen LogP contribution in [-0.2, 0) is 17.6 Å². The quantitative estimate of drug-likeness (QED) is 0.739. The van der Waals surface area contributed by atoms with Gasteiger partial charge in [0.2, 0.25) is 5.91 Å². The van der Waals surface area contributed by atoms with Gasteiger partial charge in [0.05, 0.1) is 0 Å². The van der Waals surface area contributed by atoms with Crippen LogP contribution in [0.1, 0.15) is 24.5 Å². The van der Waals surface area contributed by atoms with Crippen molar-refractivity contribution in [2.75, 3.05) is 13.1 Å². The third-order valence-electron chi connectivity index (χ3n) is 3.36. The molecule has 0 unspecified atom stereocenters. The maximum Gasteiger partial charge on any atom is 0.221 e. The minimum atomic E-state index is 0.0246. The van der Waals surface area contributed by atoms with E-state index >= 15 is 0 Å². The van der Waals surface area contributed by atoms with Crippen molar-refractivity contribution in [1.29, 1.82) is 0 Å². The largest absolute Gasteiger partial charge is 0.361 e. The summed E-state index contributed by atoms with van der Waals surface area (Å²) in [7, 11) is 0. The van der Waals surface area contributed by atoms with E-state index in [0.29, 0.717) is 19.5 Å². The molecular weight excluding hydrogens is 238 g/mol. The normalized spacial score (nSPS) is 10.8. The summed E-state index contributed by atoms with van der Waals surface area (Å²) in [5, 5.41) is 4.14. The zero-order valence-electron chi connectivity index (χ0n) is 11.3. The van der Waals surface area contributed by atoms with Crippen molar-refractivity contribution in [3.63, 3.8) is 0 Å². The van der Waals surface area contributed by atoms with Gasteiger partial charge in [-0.3, -0.25) is 4.79 Å². The standard InChI is InChI=1S/C15H21N3O/c1-2-11-4-3-5-13-12(10-18-15(11)13)7-9-17-14(19)6-8-16/h3-5,10,18H,2,6-9,16H2,1H3,(H,17,19). The maximum absolute atomic E-state index is 11.3. The summed E-state index contributed by atoms with van der Waals surface area (Å²) < 4.78 is 0. The van der Waals surface area contributed by atoms with E-state index < -0.39 is 0 Å². The Labute approximate surface area is 113 Å². The number of H-pyrrole nitrogens is 1. The summed E-state index contributed by atoms with van der Waals surface area (Å²) in [4.78, 5) is 14.7. The smallest absolute Gasteiger partial charge is 0.221 e. The molecule has 1 heterocycles. The number of aromatic nitrogens is 1. The Morgan fingerprint density at radius 1 is 1.37 bits per heavy atom. The highest BCUT2D eigenvalue weighted by atomic mass is 16.1. The first-order chi connectivity index (χ1) is 9.26. The number of amides is 1. The minimum Gasteiger partial charge on any atom is -0.361 e. The van der Waals surface area contributed by atoms with Gasteiger partial charge < -0.3 is 16.0 Å². The molecule has 0 bridgehead atoms. The predicted octanol–water partition coefficient (Wildman–Crippen LogP) is 1.74. The molecule has 19 heavy (non-hydrogen) atoms. The molecule has 0 aliphatic carbocycles. The predicted molar refractivity (Wildman–Crippen MR) is 78.1 cm³/mol. The van der Waals surface area contributed by atoms with Crippen molar-refractivity contribution < 1.29 is 4.79 Å². The van der Waals surface area contributed by atoms with E-state index in [2.05, 4.69) is 35.4 Å². The number of nitrogens with two attached hydrogens (primary N) is 1. The molecule has 0 saturated carbocycles. The summed E-state index contributed by atoms with van der Waals surface area (Å²) in [5.41, 5.74) is 9.13. The fourth-order valence-corrected chi connectivity index (χ4v) is 2.33. The van der Waals surface area contributed by atoms with Crippen molar-refractivity contribution in [1.82, 2.24) is 10.3 Å². The van der Waals surface area contributed by atoms with Crippen LogP contribution in [0.15, 0.2) is 24.4 Å². The van der Waals surface area contributed by atoms with E-state index in [0.717, 1.165) is 12.8 Å². The fourth-order valence-electron chi connectivity index (χ4n) is 2.33. The molecule has 2 rings (SSSR count). The van der Waals surface area contributed by atoms with Gasteiger partial charge in [-0.05, 0) is 24.0 Å². The number of rotatable bonds is 6. The second-order valence-corrected chi connectivity index (χ2v) is 4.65. The average Bonchev–Trinajstić information content (AvgIpc) is 2.82. The van der Waals surface area contributed by atoms with Crippen molar-refractivity contribution in [2.24, 2.45) is 5.73 Å². The Morgan fingerprint density at radius 3 is 2.95 bits per heavy atom. The highest BCUT2D eigenvalue weighted by Crippen LogP contribution is 2.22. The second-order valence-electron chi connectivity index (χ2n) is 4.65. The number of aryl methyl sites for hydroxylation is 1. The molecule has 4 nitrogen and oxygen atoms in total. The van der Waals surface area contributed by atoms with Crippen LogP contribution in [0.25, 0.3) is 10.9 Å². The minimum absolute atomic E-state index is 0.0246. The maximum atomic E-state index is 11.3. The number of hydrogen-bond donors (Lipinski definition) is 3. The van der Waals surface area contributed by atoms with Crippen LogP contribution in [-0.4, -0.2) is 24.0 Å². The number of carbonyl (C=O) groups is 1. The van der Waals surface area contributed by atoms with Crippen LogP contribution in [0, 0.1) is 0 Å². The molecule has 0 saturated heterocycles. The summed E-state index contributed by atoms with van der Waals surface area (Å²) in [6.07, 6.45) is 4.29. The van der Waals surface area contributed by atoms with Crippen molar-refractivity contribution >= 4 is 16.8 Å². The summed E-state index contributed by atoms with van der Waals surface area (Å²) in [6.45, 7) is 3.21. The molecule has 1 aromatic heterocycles. The SMILES string of the molecule is CCc1cccc2c(CCNC(=O)CCN)c[nH]c12. The topological polar surface area (TPSA) is 70.9 Å². The van der Waals surface area contributed by atoms with Gasteiger partial charge in [0.25, 0.3) is 0 Å². The number of carbonyl (C=O) groups excluding carboxylic acids is 1. The lowest BCUT2D eigenvalue weighted by Crippen LogP contribution is -2.27. The monoisotopic (exact) mass is 259 g/mol. The van der Waals surface area contributed by atoms with E-state index in [1.54, 1.807) is 0 Å². The number of para-hydroxylation sites is 1. The van der Waals surface area contributed by atoms with E-state index in [1.165, 1.54) is 22.0 Å². The summed E-state index contributed by atoms with van der Waals surface area (Å²) >= 11 is 0. The molecule has 1 amide bonds. The first-order valence-corrected chi connectivity index (χ1v) is 6.81. The van der Waals surface area contributed by atoms with Gasteiger partial charge in [0, 0.05) is 36.6 Å². The number of benzene rings is 1. The Hall–Kier alpha value is -1.81. The third-order valence-corrected chi connectivity index (χ3v) is 3.36. The van der Waals surface area contributed by atoms with Crippen LogP contribution in [0.2, 0.25) is 0 Å². The lowest BCUT2D eigenvalue weighted by atomic mass is 10.1. The molecule has 102 valence electrons. The van der Waals surface area contributed by atoms with Gasteiger partial charge in [0.1, 0.15) is 0 Å². The first-order valence-electron chi connectivity index (χ1n) is 6.81. The Bertz CT molecular complexity index is 560. The molecule has 0 radical (unpaired) electrons. The van der Waals surface area contributed by atoms with Crippen molar-refractivity contribution in [3.05, 3.63) is 35.5 Å². The number of aromatic amines is 1. The van der Waals surface area contributed by atoms with E-state index in [9.17, 15) is 4.79 Å². The molecule has 0 aliphatic heterocycles. The zero-order chi connectivity index (χ0) is 13.7. The van der Waals surface area contributed by atoms with Gasteiger partial charge in [-0.1, -0.05) is 25.1 Å². The highest BCUT2D eigenvalue weighted by Gasteiger charge is 2.06. The van der Waals surface area contributed by atoms with Crippen LogP contribution >= 0.6 is 0 Å². The van der Waals surface area contributed by atoms with Crippen LogP contribution < -0.4 is 11.1 Å². The molecule has 0 aliphatic rings. The fraction of sp³-hybridized carbons (Fsp3) is 0.400. The Kier molecular flexibility index (Phi) is 4.58. The van der Waals surface area contributed by atoms with Crippen LogP contribution in [0.3, 0.4) is 0 Å². The van der Waals surface area contributed by atoms with Gasteiger partial charge in [-0.25, -0.2) is 0 Å². The molecular formula is C15H21N3O. The number of fused-ring (bicyclic) bond motifs is 1. The van der Waals surface area contributed by atoms with Gasteiger partial charge in [-0.2, -0.15) is 0 Å². The lowest BCUT2D eigenvalue weighted by molar-refractivity contribution is -0.120. The number of hydrogen-bond acceptors (Lipinski definition) is 2. The number of nitrogens with one attached hydrogen (secondary N) is 2. The van der Waals surface area contributed by atoms with Gasteiger partial charge in [-0.15, -0.1) is 0 Å². The van der Waals surface area contributed by atoms with Gasteiger partial charge in [0.15, 0.2) is 0 Å². The molecule has 2 aromatic rings. The van der Waals surface area contributed by atoms with Crippen molar-refractivity contribution in [3.8, 4) is 0 Å². The summed E-state index contributed by atoms with van der Waals surface area (Å²) in [5.74, 6) is 0.0246. The lowest BCUT2D eigenvalue weighted by Gasteiger charge is -2.04. The molecule has 1 aromatic carbocycles. The van der Waals surface area contributed by atoms with E-state index in [-0.39, 0.29) is 5.91 Å². The molecule has 0 spiro atoms. The zero-order valence-corrected chi connectivity index (χ0v) is 11.3. The van der Waals surface area contributed by atoms with Crippen molar-refractivity contribution in [2.45, 2.75) is 26.2 Å². The second kappa shape index (κ2) is 6.38. The highest BCUT2D eigenvalue weighted by molar-refractivity contribution is 5.86. The average molecular weight is 259 g/mol. The molecule has 4 heteroatoms. The molecule has 0 atom stereocenters. The van der Waals surface area contributed by atoms with Gasteiger partial charge >= 0.3 is 0 Å².